The lowest BCUT2D eigenvalue weighted by atomic mass is 10.1. The number of methoxy groups -OCH3 is 1. The number of rotatable bonds is 9. The molecule has 0 spiro atoms. The molecule has 2 aromatic carbocycles. The molecule has 2 heterocycles. The number of esters is 1. The average molecular weight is 467 g/mol. The van der Waals surface area contributed by atoms with Crippen LogP contribution in [0.25, 0.3) is 22.2 Å². The Kier molecular flexibility index (Phi) is 6.95. The molecule has 1 N–H and O–H groups in total. The number of aryl methyl sites for hydroxylation is 1. The molecule has 0 aliphatic carbocycles. The molecule has 0 radical (unpaired) electrons. The minimum absolute atomic E-state index is 0.138. The number of carbonyl (C=O) groups excluding carboxylic acids is 1. The van der Waals surface area contributed by atoms with Crippen molar-refractivity contribution >= 4 is 23.0 Å². The number of aromatic nitrogens is 4. The van der Waals surface area contributed by atoms with E-state index in [1.807, 2.05) is 29.7 Å². The topological polar surface area (TPSA) is 91.2 Å². The molecule has 8 nitrogen and oxygen atoms in total. The van der Waals surface area contributed by atoms with Crippen molar-refractivity contribution in [2.75, 3.05) is 19.0 Å². The summed E-state index contributed by atoms with van der Waals surface area (Å²) in [6, 6.07) is 12.5. The van der Waals surface area contributed by atoms with Gasteiger partial charge in [0.2, 0.25) is 5.95 Å². The summed E-state index contributed by atoms with van der Waals surface area (Å²) in [5.74, 6) is 0.983. The number of para-hydroxylation sites is 1. The highest BCUT2D eigenvalue weighted by Gasteiger charge is 2.14. The minimum Gasteiger partial charge on any atom is -0.469 e. The van der Waals surface area contributed by atoms with Crippen LogP contribution in [-0.2, 0) is 16.1 Å². The average Bonchev–Trinajstić information content (AvgIpc) is 3.14. The van der Waals surface area contributed by atoms with Gasteiger partial charge in [-0.1, -0.05) is 24.3 Å². The van der Waals surface area contributed by atoms with Crippen molar-refractivity contribution < 1.29 is 23.0 Å². The van der Waals surface area contributed by atoms with Crippen LogP contribution >= 0.6 is 0 Å². The number of benzene rings is 2. The van der Waals surface area contributed by atoms with Gasteiger partial charge in [0.1, 0.15) is 11.6 Å². The van der Waals surface area contributed by atoms with Crippen LogP contribution in [0, 0.1) is 6.92 Å². The van der Waals surface area contributed by atoms with Crippen molar-refractivity contribution in [3.05, 3.63) is 66.2 Å². The smallest absolute Gasteiger partial charge is 0.387 e. The fraction of sp³-hybridized carbons (Fsp3) is 0.250. The van der Waals surface area contributed by atoms with Crippen LogP contribution in [0.15, 0.2) is 54.9 Å². The molecule has 0 atom stereocenters. The van der Waals surface area contributed by atoms with E-state index >= 15 is 0 Å². The Bertz CT molecular complexity index is 1290. The Hall–Kier alpha value is -4.08. The first-order chi connectivity index (χ1) is 16.4. The van der Waals surface area contributed by atoms with E-state index in [-0.39, 0.29) is 18.1 Å². The van der Waals surface area contributed by atoms with Gasteiger partial charge in [-0.05, 0) is 30.7 Å². The summed E-state index contributed by atoms with van der Waals surface area (Å²) in [6.45, 7) is -0.332. The largest absolute Gasteiger partial charge is 0.469 e. The maximum absolute atomic E-state index is 12.8. The predicted molar refractivity (Wildman–Crippen MR) is 123 cm³/mol. The standard InChI is InChI=1S/C24H23F2N5O3/c1-15-30-19-8-7-16(18-12-28-24(29-13-18)27-10-9-22(32)33-2)11-20(19)31(15)14-17-5-3-4-6-21(17)34-23(25)26/h3-8,11-13,23H,9-10,14H2,1-2H3,(H,27,28,29). The number of halogens is 2. The fourth-order valence-corrected chi connectivity index (χ4v) is 3.58. The molecule has 0 unspecified atom stereocenters. The van der Waals surface area contributed by atoms with Gasteiger partial charge in [-0.3, -0.25) is 4.79 Å². The number of ether oxygens (including phenoxy) is 2. The van der Waals surface area contributed by atoms with Crippen LogP contribution in [0.1, 0.15) is 17.8 Å². The zero-order chi connectivity index (χ0) is 24.1. The monoisotopic (exact) mass is 467 g/mol. The number of imidazole rings is 1. The third kappa shape index (κ3) is 5.28. The first-order valence-corrected chi connectivity index (χ1v) is 10.6. The number of fused-ring (bicyclic) bond motifs is 1. The molecule has 4 aromatic rings. The minimum atomic E-state index is -2.90. The van der Waals surface area contributed by atoms with Crippen molar-refractivity contribution in [3.63, 3.8) is 0 Å². The van der Waals surface area contributed by atoms with E-state index in [9.17, 15) is 13.6 Å². The normalized spacial score (nSPS) is 11.1. The summed E-state index contributed by atoms with van der Waals surface area (Å²) < 4.78 is 36.9. The molecule has 4 rings (SSSR count). The number of anilines is 1. The van der Waals surface area contributed by atoms with Crippen molar-refractivity contribution in [1.29, 1.82) is 0 Å². The lowest BCUT2D eigenvalue weighted by Crippen LogP contribution is -2.11. The highest BCUT2D eigenvalue weighted by Crippen LogP contribution is 2.27. The first kappa shape index (κ1) is 23.1. The van der Waals surface area contributed by atoms with E-state index in [1.165, 1.54) is 13.2 Å². The van der Waals surface area contributed by atoms with Crippen LogP contribution in [0.2, 0.25) is 0 Å². The summed E-state index contributed by atoms with van der Waals surface area (Å²) in [5.41, 5.74) is 3.94. The molecule has 0 saturated heterocycles. The highest BCUT2D eigenvalue weighted by molar-refractivity contribution is 5.82. The van der Waals surface area contributed by atoms with E-state index < -0.39 is 6.61 Å². The van der Waals surface area contributed by atoms with E-state index in [0.29, 0.717) is 24.6 Å². The zero-order valence-electron chi connectivity index (χ0n) is 18.7. The summed E-state index contributed by atoms with van der Waals surface area (Å²) in [7, 11) is 1.34. The molecule has 0 fully saturated rings. The van der Waals surface area contributed by atoms with Crippen LogP contribution in [0.3, 0.4) is 0 Å². The van der Waals surface area contributed by atoms with Crippen LogP contribution < -0.4 is 10.1 Å². The van der Waals surface area contributed by atoms with Crippen LogP contribution in [-0.4, -0.2) is 45.8 Å². The molecular weight excluding hydrogens is 444 g/mol. The van der Waals surface area contributed by atoms with Gasteiger partial charge in [-0.25, -0.2) is 15.0 Å². The summed E-state index contributed by atoms with van der Waals surface area (Å²) in [4.78, 5) is 24.4. The fourth-order valence-electron chi connectivity index (χ4n) is 3.58. The molecule has 34 heavy (non-hydrogen) atoms. The predicted octanol–water partition coefficient (Wildman–Crippen LogP) is 4.43. The molecule has 176 valence electrons. The molecule has 0 bridgehead atoms. The molecule has 10 heteroatoms. The lowest BCUT2D eigenvalue weighted by Gasteiger charge is -2.13. The summed E-state index contributed by atoms with van der Waals surface area (Å²) >= 11 is 0. The van der Waals surface area contributed by atoms with Crippen molar-refractivity contribution in [3.8, 4) is 16.9 Å². The lowest BCUT2D eigenvalue weighted by molar-refractivity contribution is -0.140. The van der Waals surface area contributed by atoms with Gasteiger partial charge >= 0.3 is 12.6 Å². The zero-order valence-corrected chi connectivity index (χ0v) is 18.7. The van der Waals surface area contributed by atoms with E-state index in [4.69, 9.17) is 0 Å². The number of nitrogens with one attached hydrogen (secondary N) is 1. The molecule has 0 saturated carbocycles. The third-order valence-corrected chi connectivity index (χ3v) is 5.28. The number of hydrogen-bond donors (Lipinski definition) is 1. The van der Waals surface area contributed by atoms with Gasteiger partial charge in [0, 0.05) is 30.1 Å². The van der Waals surface area contributed by atoms with E-state index in [1.54, 1.807) is 30.6 Å². The number of alkyl halides is 2. The summed E-state index contributed by atoms with van der Waals surface area (Å²) in [6.07, 6.45) is 3.59. The second-order valence-electron chi connectivity index (χ2n) is 7.48. The van der Waals surface area contributed by atoms with E-state index in [2.05, 4.69) is 29.7 Å². The molecule has 0 aliphatic rings. The van der Waals surface area contributed by atoms with Gasteiger partial charge in [0.25, 0.3) is 0 Å². The second kappa shape index (κ2) is 10.2. The number of carbonyl (C=O) groups is 1. The quantitative estimate of drug-likeness (QED) is 0.364. The Labute approximate surface area is 194 Å². The van der Waals surface area contributed by atoms with Gasteiger partial charge in [-0.15, -0.1) is 0 Å². The van der Waals surface area contributed by atoms with Crippen molar-refractivity contribution in [2.24, 2.45) is 0 Å². The molecule has 0 amide bonds. The van der Waals surface area contributed by atoms with Crippen LogP contribution in [0.4, 0.5) is 14.7 Å². The van der Waals surface area contributed by atoms with E-state index in [0.717, 1.165) is 28.0 Å². The van der Waals surface area contributed by atoms with Gasteiger partial charge in [0.05, 0.1) is 31.1 Å². The maximum atomic E-state index is 12.8. The highest BCUT2D eigenvalue weighted by atomic mass is 19.3. The Morgan fingerprint density at radius 2 is 1.88 bits per heavy atom. The van der Waals surface area contributed by atoms with Gasteiger partial charge < -0.3 is 19.4 Å². The first-order valence-electron chi connectivity index (χ1n) is 10.6. The second-order valence-corrected chi connectivity index (χ2v) is 7.48. The molecule has 0 aliphatic heterocycles. The van der Waals surface area contributed by atoms with Gasteiger partial charge in [-0.2, -0.15) is 8.78 Å². The van der Waals surface area contributed by atoms with Crippen LogP contribution in [0.5, 0.6) is 5.75 Å². The Morgan fingerprint density at radius 1 is 1.12 bits per heavy atom. The Morgan fingerprint density at radius 3 is 2.62 bits per heavy atom. The Balaban J connectivity index is 1.58. The number of hydrogen-bond acceptors (Lipinski definition) is 7. The molecular formula is C24H23F2N5O3. The SMILES string of the molecule is COC(=O)CCNc1ncc(-c2ccc3nc(C)n(Cc4ccccc4OC(F)F)c3c2)cn1. The van der Waals surface area contributed by atoms with Gasteiger partial charge in [0.15, 0.2) is 0 Å². The van der Waals surface area contributed by atoms with Crippen molar-refractivity contribution in [2.45, 2.75) is 26.5 Å². The maximum Gasteiger partial charge on any atom is 0.387 e. The number of nitrogens with zero attached hydrogens (tertiary/aromatic N) is 4. The van der Waals surface area contributed by atoms with Crippen molar-refractivity contribution in [1.82, 2.24) is 19.5 Å². The third-order valence-electron chi connectivity index (χ3n) is 5.28. The molecule has 2 aromatic heterocycles. The summed E-state index contributed by atoms with van der Waals surface area (Å²) in [5, 5.41) is 2.97.